The Balaban J connectivity index is 1.75. The lowest BCUT2D eigenvalue weighted by Crippen LogP contribution is -2.16. The van der Waals surface area contributed by atoms with Gasteiger partial charge in [-0.2, -0.15) is 20.2 Å². The molecule has 3 heterocycles. The highest BCUT2D eigenvalue weighted by atomic mass is 32.2. The summed E-state index contributed by atoms with van der Waals surface area (Å²) in [6.07, 6.45) is 4.41. The van der Waals surface area contributed by atoms with E-state index in [1.807, 2.05) is 6.92 Å². The molecule has 33 heavy (non-hydrogen) atoms. The number of alkyl halides is 1. The molecule has 12 nitrogen and oxygen atoms in total. The van der Waals surface area contributed by atoms with Gasteiger partial charge in [0.15, 0.2) is 0 Å². The number of aromatic nitrogens is 6. The van der Waals surface area contributed by atoms with Crippen LogP contribution in [0.2, 0.25) is 0 Å². The maximum atomic E-state index is 13.2. The molecule has 0 aliphatic carbocycles. The van der Waals surface area contributed by atoms with Gasteiger partial charge in [-0.3, -0.25) is 0 Å². The number of benzene rings is 1. The van der Waals surface area contributed by atoms with E-state index in [9.17, 15) is 12.8 Å². The molecule has 14 heteroatoms. The largest absolute Gasteiger partial charge is 0.481 e. The number of fused-ring (bicyclic) bond motifs is 1. The van der Waals surface area contributed by atoms with Crippen LogP contribution in [0, 0.1) is 6.92 Å². The van der Waals surface area contributed by atoms with Gasteiger partial charge in [0.1, 0.15) is 23.9 Å². The van der Waals surface area contributed by atoms with Crippen LogP contribution in [0.15, 0.2) is 35.6 Å². The van der Waals surface area contributed by atoms with Crippen LogP contribution >= 0.6 is 0 Å². The standard InChI is InChI=1S/C19H20FN7O5S/c1-11-4-5-12-13(10-21-14(12)15(11)27-22-7-8-23-27)33(28,29)26-19-24-17(30-2)16(32-9-6-20)18(25-19)31-3/h4-5,7-8,10,21H,6,9H2,1-3H3,(H,24,25,26). The Morgan fingerprint density at radius 3 is 2.39 bits per heavy atom. The number of rotatable bonds is 9. The number of hydrogen-bond donors (Lipinski definition) is 2. The number of H-pyrrole nitrogens is 1. The topological polar surface area (TPSA) is 146 Å². The Hall–Kier alpha value is -3.94. The molecule has 0 unspecified atom stereocenters. The minimum atomic E-state index is -4.14. The third kappa shape index (κ3) is 4.11. The van der Waals surface area contributed by atoms with Crippen molar-refractivity contribution in [1.82, 2.24) is 29.9 Å². The fourth-order valence-electron chi connectivity index (χ4n) is 3.25. The molecule has 4 aromatic rings. The number of aromatic amines is 1. The zero-order valence-electron chi connectivity index (χ0n) is 17.9. The summed E-state index contributed by atoms with van der Waals surface area (Å²) in [4.78, 5) is 12.4. The van der Waals surface area contributed by atoms with Crippen LogP contribution in [0.5, 0.6) is 17.5 Å². The SMILES string of the molecule is COc1nc(NS(=O)(=O)c2c[nH]c3c(-n4nccn4)c(C)ccc23)nc(OC)c1OCCF. The summed E-state index contributed by atoms with van der Waals surface area (Å²) in [6.45, 7) is 0.838. The van der Waals surface area contributed by atoms with E-state index in [-0.39, 0.29) is 35.0 Å². The fraction of sp³-hybridized carbons (Fsp3) is 0.263. The molecule has 1 aromatic carbocycles. The zero-order chi connectivity index (χ0) is 23.6. The second kappa shape index (κ2) is 8.90. The Morgan fingerprint density at radius 1 is 1.12 bits per heavy atom. The molecule has 0 atom stereocenters. The van der Waals surface area contributed by atoms with Crippen molar-refractivity contribution in [1.29, 1.82) is 0 Å². The number of methoxy groups -OCH3 is 2. The number of ether oxygens (including phenoxy) is 3. The smallest absolute Gasteiger partial charge is 0.266 e. The van der Waals surface area contributed by atoms with E-state index in [0.29, 0.717) is 16.6 Å². The van der Waals surface area contributed by atoms with E-state index in [1.54, 1.807) is 12.1 Å². The monoisotopic (exact) mass is 477 g/mol. The number of anilines is 1. The minimum absolute atomic E-state index is 0.0369. The molecule has 0 spiro atoms. The first-order valence-electron chi connectivity index (χ1n) is 9.58. The molecule has 0 amide bonds. The zero-order valence-corrected chi connectivity index (χ0v) is 18.7. The van der Waals surface area contributed by atoms with Crippen LogP contribution in [0.4, 0.5) is 10.3 Å². The van der Waals surface area contributed by atoms with E-state index in [1.165, 1.54) is 37.6 Å². The molecular weight excluding hydrogens is 457 g/mol. The van der Waals surface area contributed by atoms with E-state index in [0.717, 1.165) is 5.56 Å². The first-order valence-corrected chi connectivity index (χ1v) is 11.1. The summed E-state index contributed by atoms with van der Waals surface area (Å²) in [6, 6.07) is 3.45. The molecule has 0 radical (unpaired) electrons. The Labute approximate surface area is 187 Å². The van der Waals surface area contributed by atoms with Crippen molar-refractivity contribution in [3.05, 3.63) is 36.3 Å². The average molecular weight is 477 g/mol. The molecule has 0 saturated heterocycles. The van der Waals surface area contributed by atoms with Crippen molar-refractivity contribution in [2.75, 3.05) is 32.2 Å². The van der Waals surface area contributed by atoms with Crippen LogP contribution in [0.25, 0.3) is 16.6 Å². The van der Waals surface area contributed by atoms with Crippen molar-refractivity contribution in [3.63, 3.8) is 0 Å². The van der Waals surface area contributed by atoms with Gasteiger partial charge in [0.25, 0.3) is 21.8 Å². The van der Waals surface area contributed by atoms with Crippen LogP contribution in [0.3, 0.4) is 0 Å². The van der Waals surface area contributed by atoms with Gasteiger partial charge in [0, 0.05) is 11.6 Å². The van der Waals surface area contributed by atoms with Crippen LogP contribution in [-0.2, 0) is 10.0 Å². The molecule has 0 fully saturated rings. The van der Waals surface area contributed by atoms with E-state index < -0.39 is 16.7 Å². The highest BCUT2D eigenvalue weighted by Gasteiger charge is 2.25. The molecule has 4 rings (SSSR count). The quantitative estimate of drug-likeness (QED) is 0.369. The molecule has 0 aliphatic rings. The molecule has 0 saturated carbocycles. The van der Waals surface area contributed by atoms with Crippen molar-refractivity contribution in [3.8, 4) is 23.2 Å². The van der Waals surface area contributed by atoms with Gasteiger partial charge in [0.05, 0.1) is 32.1 Å². The van der Waals surface area contributed by atoms with Gasteiger partial charge >= 0.3 is 0 Å². The van der Waals surface area contributed by atoms with Crippen molar-refractivity contribution in [2.45, 2.75) is 11.8 Å². The maximum absolute atomic E-state index is 13.2. The van der Waals surface area contributed by atoms with Crippen molar-refractivity contribution in [2.24, 2.45) is 0 Å². The van der Waals surface area contributed by atoms with E-state index in [4.69, 9.17) is 14.2 Å². The summed E-state index contributed by atoms with van der Waals surface area (Å²) in [5, 5.41) is 8.70. The second-order valence-corrected chi connectivity index (χ2v) is 8.31. The highest BCUT2D eigenvalue weighted by molar-refractivity contribution is 7.93. The van der Waals surface area contributed by atoms with Crippen molar-refractivity contribution >= 4 is 26.9 Å². The second-order valence-electron chi connectivity index (χ2n) is 6.66. The normalized spacial score (nSPS) is 11.5. The lowest BCUT2D eigenvalue weighted by molar-refractivity contribution is 0.240. The summed E-state index contributed by atoms with van der Waals surface area (Å²) < 4.78 is 56.8. The number of sulfonamides is 1. The first-order chi connectivity index (χ1) is 15.9. The number of halogens is 1. The third-order valence-corrected chi connectivity index (χ3v) is 6.01. The number of nitrogens with one attached hydrogen (secondary N) is 2. The van der Waals surface area contributed by atoms with E-state index >= 15 is 0 Å². The predicted molar refractivity (Wildman–Crippen MR) is 115 cm³/mol. The number of hydrogen-bond acceptors (Lipinski definition) is 9. The number of nitrogens with zero attached hydrogens (tertiary/aromatic N) is 5. The predicted octanol–water partition coefficient (Wildman–Crippen LogP) is 2.01. The van der Waals surface area contributed by atoms with Crippen LogP contribution in [0.1, 0.15) is 5.56 Å². The van der Waals surface area contributed by atoms with E-state index in [2.05, 4.69) is 29.9 Å². The third-order valence-electron chi connectivity index (χ3n) is 4.64. The molecule has 0 aliphatic heterocycles. The average Bonchev–Trinajstić information content (AvgIpc) is 3.47. The molecular formula is C19H20FN7O5S. The molecule has 3 aromatic heterocycles. The molecule has 0 bridgehead atoms. The molecule has 174 valence electrons. The lowest BCUT2D eigenvalue weighted by Gasteiger charge is -2.14. The summed E-state index contributed by atoms with van der Waals surface area (Å²) >= 11 is 0. The van der Waals surface area contributed by atoms with Gasteiger partial charge in [-0.25, -0.2) is 17.5 Å². The van der Waals surface area contributed by atoms with Gasteiger partial charge in [-0.1, -0.05) is 12.1 Å². The molecule has 2 N–H and O–H groups in total. The maximum Gasteiger partial charge on any atom is 0.266 e. The summed E-state index contributed by atoms with van der Waals surface area (Å²) in [5.41, 5.74) is 2.00. The summed E-state index contributed by atoms with van der Waals surface area (Å²) in [5.74, 6) is -0.588. The Morgan fingerprint density at radius 2 is 1.79 bits per heavy atom. The minimum Gasteiger partial charge on any atom is -0.481 e. The fourth-order valence-corrected chi connectivity index (χ4v) is 4.36. The Kier molecular flexibility index (Phi) is 6.00. The van der Waals surface area contributed by atoms with Gasteiger partial charge in [-0.05, 0) is 12.5 Å². The van der Waals surface area contributed by atoms with Gasteiger partial charge in [0.2, 0.25) is 11.7 Å². The van der Waals surface area contributed by atoms with Crippen molar-refractivity contribution < 1.29 is 27.0 Å². The first kappa shape index (κ1) is 22.3. The van der Waals surface area contributed by atoms with Crippen LogP contribution in [-0.4, -0.2) is 65.9 Å². The summed E-state index contributed by atoms with van der Waals surface area (Å²) in [7, 11) is -1.54. The Bertz CT molecular complexity index is 1360. The van der Waals surface area contributed by atoms with Gasteiger partial charge in [-0.15, -0.1) is 4.80 Å². The van der Waals surface area contributed by atoms with Crippen LogP contribution < -0.4 is 18.9 Å². The lowest BCUT2D eigenvalue weighted by atomic mass is 10.1. The number of aryl methyl sites for hydroxylation is 1. The highest BCUT2D eigenvalue weighted by Crippen LogP contribution is 2.36. The van der Waals surface area contributed by atoms with Gasteiger partial charge < -0.3 is 19.2 Å².